The van der Waals surface area contributed by atoms with Gasteiger partial charge in [-0.3, -0.25) is 0 Å². The Hall–Kier alpha value is -1.96. The Morgan fingerprint density at radius 1 is 1.22 bits per heavy atom. The number of hydrogen-bond acceptors (Lipinski definition) is 7. The van der Waals surface area contributed by atoms with Gasteiger partial charge >= 0.3 is 0 Å². The van der Waals surface area contributed by atoms with Crippen molar-refractivity contribution in [1.29, 1.82) is 0 Å². The van der Waals surface area contributed by atoms with E-state index >= 15 is 0 Å². The number of anilines is 1. The molecule has 0 unspecified atom stereocenters. The number of aliphatic hydroxyl groups is 1. The monoisotopic (exact) mass is 471 g/mol. The lowest BCUT2D eigenvalue weighted by Crippen LogP contribution is -2.68. The average molecular weight is 472 g/mol. The molecular weight excluding hydrogens is 444 g/mol. The molecule has 3 N–H and O–H groups in total. The van der Waals surface area contributed by atoms with Gasteiger partial charge in [-0.25, -0.2) is 28.6 Å². The maximum absolute atomic E-state index is 12.8. The summed E-state index contributed by atoms with van der Waals surface area (Å²) in [6.07, 6.45) is 4.50. The summed E-state index contributed by atoms with van der Waals surface area (Å²) in [5.41, 5.74) is 0.656. The van der Waals surface area contributed by atoms with Crippen LogP contribution >= 0.6 is 0 Å². The number of halogens is 2. The SMILES string of the molecule is NS(=O)(=O)N(CC(F)F)C1CC2(C1)CN(c1ncnc3c1cnn3C1CCC(O)CC1)C2. The highest BCUT2D eigenvalue weighted by atomic mass is 32.2. The molecule has 0 bridgehead atoms. The number of alkyl halides is 2. The van der Waals surface area contributed by atoms with Gasteiger partial charge in [0.25, 0.3) is 16.6 Å². The fourth-order valence-electron chi connectivity index (χ4n) is 5.58. The molecule has 2 aliphatic carbocycles. The van der Waals surface area contributed by atoms with Crippen LogP contribution in [0.3, 0.4) is 0 Å². The third kappa shape index (κ3) is 3.84. The van der Waals surface area contributed by atoms with Gasteiger partial charge in [0.1, 0.15) is 12.1 Å². The molecule has 2 saturated carbocycles. The highest BCUT2D eigenvalue weighted by molar-refractivity contribution is 7.86. The highest BCUT2D eigenvalue weighted by Gasteiger charge is 2.56. The molecule has 32 heavy (non-hydrogen) atoms. The highest BCUT2D eigenvalue weighted by Crippen LogP contribution is 2.52. The second kappa shape index (κ2) is 7.82. The van der Waals surface area contributed by atoms with Gasteiger partial charge in [0.05, 0.1) is 30.3 Å². The minimum atomic E-state index is -4.17. The smallest absolute Gasteiger partial charge is 0.277 e. The topological polar surface area (TPSA) is 130 Å². The largest absolute Gasteiger partial charge is 0.393 e. The molecule has 3 aliphatic rings. The van der Waals surface area contributed by atoms with Crippen LogP contribution < -0.4 is 10.0 Å². The van der Waals surface area contributed by atoms with E-state index in [1.807, 2.05) is 4.68 Å². The van der Waals surface area contributed by atoms with Crippen molar-refractivity contribution in [1.82, 2.24) is 24.1 Å². The number of nitrogens with two attached hydrogens (primary N) is 1. The van der Waals surface area contributed by atoms with E-state index in [0.29, 0.717) is 25.9 Å². The molecule has 3 heterocycles. The van der Waals surface area contributed by atoms with Crippen molar-refractivity contribution in [3.05, 3.63) is 12.5 Å². The molecular formula is C19H27F2N7O3S. The molecule has 2 aromatic rings. The molecule has 1 spiro atoms. The van der Waals surface area contributed by atoms with Crippen molar-refractivity contribution in [2.75, 3.05) is 24.5 Å². The van der Waals surface area contributed by atoms with Crippen LogP contribution in [0.1, 0.15) is 44.6 Å². The zero-order chi connectivity index (χ0) is 22.7. The Labute approximate surface area is 184 Å². The van der Waals surface area contributed by atoms with E-state index in [1.54, 1.807) is 6.20 Å². The third-order valence-corrected chi connectivity index (χ3v) is 8.22. The maximum Gasteiger partial charge on any atom is 0.277 e. The summed E-state index contributed by atoms with van der Waals surface area (Å²) in [6.45, 7) is 0.473. The van der Waals surface area contributed by atoms with Crippen molar-refractivity contribution in [2.24, 2.45) is 10.6 Å². The Bertz CT molecular complexity index is 1090. The van der Waals surface area contributed by atoms with Crippen LogP contribution in [-0.2, 0) is 10.2 Å². The van der Waals surface area contributed by atoms with Crippen molar-refractivity contribution < 1.29 is 22.3 Å². The molecule has 13 heteroatoms. The summed E-state index contributed by atoms with van der Waals surface area (Å²) in [5.74, 6) is 0.780. The van der Waals surface area contributed by atoms with E-state index in [4.69, 9.17) is 5.14 Å². The molecule has 3 fully saturated rings. The van der Waals surface area contributed by atoms with Crippen LogP contribution in [0.2, 0.25) is 0 Å². The third-order valence-electron chi connectivity index (χ3n) is 7.12. The molecule has 176 valence electrons. The van der Waals surface area contributed by atoms with Gasteiger partial charge < -0.3 is 10.0 Å². The van der Waals surface area contributed by atoms with Crippen LogP contribution in [0.5, 0.6) is 0 Å². The molecule has 1 saturated heterocycles. The van der Waals surface area contributed by atoms with Gasteiger partial charge in [0.2, 0.25) is 0 Å². The first kappa shape index (κ1) is 21.9. The van der Waals surface area contributed by atoms with E-state index in [9.17, 15) is 22.3 Å². The maximum atomic E-state index is 12.8. The summed E-state index contributed by atoms with van der Waals surface area (Å²) in [7, 11) is -4.17. The summed E-state index contributed by atoms with van der Waals surface area (Å²) < 4.78 is 51.7. The zero-order valence-electron chi connectivity index (χ0n) is 17.5. The van der Waals surface area contributed by atoms with Crippen LogP contribution in [0.4, 0.5) is 14.6 Å². The van der Waals surface area contributed by atoms with Gasteiger partial charge in [0, 0.05) is 24.5 Å². The minimum Gasteiger partial charge on any atom is -0.393 e. The van der Waals surface area contributed by atoms with Gasteiger partial charge in [-0.2, -0.15) is 17.8 Å². The van der Waals surface area contributed by atoms with Gasteiger partial charge in [0.15, 0.2) is 5.65 Å². The van der Waals surface area contributed by atoms with E-state index in [-0.39, 0.29) is 17.6 Å². The van der Waals surface area contributed by atoms with Crippen LogP contribution in [0.15, 0.2) is 12.5 Å². The van der Waals surface area contributed by atoms with Gasteiger partial charge in [-0.05, 0) is 38.5 Å². The first-order chi connectivity index (χ1) is 15.2. The number of hydrogen-bond donors (Lipinski definition) is 2. The van der Waals surface area contributed by atoms with E-state index in [0.717, 1.165) is 46.8 Å². The van der Waals surface area contributed by atoms with E-state index < -0.39 is 29.2 Å². The predicted octanol–water partition coefficient (Wildman–Crippen LogP) is 1.04. The second-order valence-electron chi connectivity index (χ2n) is 9.41. The standard InChI is InChI=1S/C19H27F2N7O3S/c20-16(21)8-27(32(22,30)31)13-5-19(6-13)9-26(10-19)17-15-7-25-28(18(15)24-11-23-17)12-1-3-14(29)4-2-12/h7,11-14,16,29H,1-6,8-10H2,(H2,22,30,31). The van der Waals surface area contributed by atoms with Crippen molar-refractivity contribution >= 4 is 27.1 Å². The molecule has 2 aromatic heterocycles. The predicted molar refractivity (Wildman–Crippen MR) is 112 cm³/mol. The number of rotatable bonds is 6. The first-order valence-corrected chi connectivity index (χ1v) is 12.3. The van der Waals surface area contributed by atoms with Crippen LogP contribution in [0.25, 0.3) is 11.0 Å². The lowest BCUT2D eigenvalue weighted by molar-refractivity contribution is -0.00435. The Balaban J connectivity index is 1.27. The van der Waals surface area contributed by atoms with Crippen molar-refractivity contribution in [3.63, 3.8) is 0 Å². The van der Waals surface area contributed by atoms with E-state index in [2.05, 4.69) is 20.0 Å². The summed E-state index contributed by atoms with van der Waals surface area (Å²) in [6, 6.07) is -0.288. The minimum absolute atomic E-state index is 0.109. The molecule has 5 rings (SSSR count). The van der Waals surface area contributed by atoms with Crippen LogP contribution in [-0.4, -0.2) is 75.8 Å². The van der Waals surface area contributed by atoms with Gasteiger partial charge in [-0.1, -0.05) is 0 Å². The Morgan fingerprint density at radius 3 is 2.53 bits per heavy atom. The summed E-state index contributed by atoms with van der Waals surface area (Å²) >= 11 is 0. The molecule has 10 nitrogen and oxygen atoms in total. The number of fused-ring (bicyclic) bond motifs is 1. The van der Waals surface area contributed by atoms with Crippen molar-refractivity contribution in [3.8, 4) is 0 Å². The molecule has 0 aromatic carbocycles. The Kier molecular flexibility index (Phi) is 5.34. The summed E-state index contributed by atoms with van der Waals surface area (Å²) in [5, 5.41) is 20.3. The van der Waals surface area contributed by atoms with Gasteiger partial charge in [-0.15, -0.1) is 0 Å². The average Bonchev–Trinajstić information content (AvgIpc) is 3.09. The molecule has 0 atom stereocenters. The van der Waals surface area contributed by atoms with E-state index in [1.165, 1.54) is 6.33 Å². The fraction of sp³-hybridized carbons (Fsp3) is 0.737. The van der Waals surface area contributed by atoms with Crippen LogP contribution in [0, 0.1) is 5.41 Å². The second-order valence-corrected chi connectivity index (χ2v) is 10.9. The lowest BCUT2D eigenvalue weighted by Gasteiger charge is -2.60. The molecule has 0 amide bonds. The molecule has 0 radical (unpaired) electrons. The fourth-order valence-corrected chi connectivity index (χ4v) is 6.47. The normalized spacial score (nSPS) is 26.1. The molecule has 1 aliphatic heterocycles. The number of aliphatic hydroxyl groups excluding tert-OH is 1. The summed E-state index contributed by atoms with van der Waals surface area (Å²) in [4.78, 5) is 11.0. The Morgan fingerprint density at radius 2 is 1.91 bits per heavy atom. The zero-order valence-corrected chi connectivity index (χ0v) is 18.3. The van der Waals surface area contributed by atoms with Crippen molar-refractivity contribution in [2.45, 2.75) is 63.1 Å². The first-order valence-electron chi connectivity index (χ1n) is 10.8. The number of aromatic nitrogens is 4. The quantitative estimate of drug-likeness (QED) is 0.644. The lowest BCUT2D eigenvalue weighted by atomic mass is 9.60. The number of nitrogens with zero attached hydrogens (tertiary/aromatic N) is 6.